The molecule has 1 aliphatic carbocycles. The van der Waals surface area contributed by atoms with E-state index in [1.165, 1.54) is 5.56 Å². The minimum absolute atomic E-state index is 0.334. The summed E-state index contributed by atoms with van der Waals surface area (Å²) in [7, 11) is 0. The first-order valence-electron chi connectivity index (χ1n) is 5.37. The quantitative estimate of drug-likeness (QED) is 0.802. The summed E-state index contributed by atoms with van der Waals surface area (Å²) in [5.41, 5.74) is 1.22. The molecule has 1 atom stereocenters. The molecule has 0 aliphatic heterocycles. The van der Waals surface area contributed by atoms with Crippen molar-refractivity contribution < 1.29 is 9.84 Å². The average molecular weight is 204 g/mol. The van der Waals surface area contributed by atoms with Crippen LogP contribution in [0.2, 0.25) is 0 Å². The van der Waals surface area contributed by atoms with Crippen LogP contribution in [0.1, 0.15) is 24.8 Å². The van der Waals surface area contributed by atoms with E-state index in [0.29, 0.717) is 0 Å². The number of hydrogen-bond acceptors (Lipinski definition) is 2. The summed E-state index contributed by atoms with van der Waals surface area (Å²) in [6.45, 7) is 2.05. The molecular formula is C13H16O2. The fourth-order valence-electron chi connectivity index (χ4n) is 1.71. The molecule has 0 aromatic heterocycles. The predicted molar refractivity (Wildman–Crippen MR) is 59.7 cm³/mol. The smallest absolute Gasteiger partial charge is 0.126 e. The number of aliphatic hydroxyl groups excluding tert-OH is 1. The third kappa shape index (κ3) is 2.83. The van der Waals surface area contributed by atoms with Gasteiger partial charge in [0.2, 0.25) is 0 Å². The molecule has 0 amide bonds. The zero-order chi connectivity index (χ0) is 10.7. The minimum atomic E-state index is -0.334. The average Bonchev–Trinajstić information content (AvgIpc) is 2.22. The highest BCUT2D eigenvalue weighted by Crippen LogP contribution is 2.22. The van der Waals surface area contributed by atoms with Gasteiger partial charge < -0.3 is 9.84 Å². The molecule has 0 fully saturated rings. The SMILES string of the molecule is Cc1ccc(OC2=CC(O)CCC2)cc1. The van der Waals surface area contributed by atoms with Gasteiger partial charge >= 0.3 is 0 Å². The van der Waals surface area contributed by atoms with Crippen molar-refractivity contribution in [3.05, 3.63) is 41.7 Å². The van der Waals surface area contributed by atoms with Gasteiger partial charge in [0.15, 0.2) is 0 Å². The Bertz CT molecular complexity index is 351. The summed E-state index contributed by atoms with van der Waals surface area (Å²) >= 11 is 0. The molecule has 15 heavy (non-hydrogen) atoms. The number of hydrogen-bond donors (Lipinski definition) is 1. The number of benzene rings is 1. The van der Waals surface area contributed by atoms with Crippen LogP contribution in [0.25, 0.3) is 0 Å². The number of rotatable bonds is 2. The summed E-state index contributed by atoms with van der Waals surface area (Å²) < 4.78 is 5.68. The Morgan fingerprint density at radius 1 is 1.27 bits per heavy atom. The highest BCUT2D eigenvalue weighted by atomic mass is 16.5. The summed E-state index contributed by atoms with van der Waals surface area (Å²) in [4.78, 5) is 0. The fourth-order valence-corrected chi connectivity index (χ4v) is 1.71. The van der Waals surface area contributed by atoms with Crippen LogP contribution in [0.3, 0.4) is 0 Å². The Balaban J connectivity index is 2.05. The molecule has 0 bridgehead atoms. The normalized spacial score (nSPS) is 20.9. The van der Waals surface area contributed by atoms with Crippen LogP contribution < -0.4 is 4.74 Å². The van der Waals surface area contributed by atoms with Crippen LogP contribution in [0, 0.1) is 6.92 Å². The molecule has 1 aliphatic rings. The first kappa shape index (κ1) is 10.2. The molecule has 1 aromatic rings. The summed E-state index contributed by atoms with van der Waals surface area (Å²) in [5.74, 6) is 1.73. The van der Waals surface area contributed by atoms with E-state index in [9.17, 15) is 5.11 Å². The van der Waals surface area contributed by atoms with Gasteiger partial charge in [-0.2, -0.15) is 0 Å². The van der Waals surface area contributed by atoms with Gasteiger partial charge in [0.05, 0.1) is 6.10 Å². The van der Waals surface area contributed by atoms with Crippen molar-refractivity contribution in [2.24, 2.45) is 0 Å². The highest BCUT2D eigenvalue weighted by molar-refractivity contribution is 5.28. The molecule has 0 saturated heterocycles. The van der Waals surface area contributed by atoms with E-state index < -0.39 is 0 Å². The summed E-state index contributed by atoms with van der Waals surface area (Å²) in [6.07, 6.45) is 4.24. The third-order valence-corrected chi connectivity index (χ3v) is 2.57. The second-order valence-electron chi connectivity index (χ2n) is 4.01. The van der Waals surface area contributed by atoms with E-state index in [2.05, 4.69) is 0 Å². The van der Waals surface area contributed by atoms with E-state index in [-0.39, 0.29) is 6.10 Å². The number of aliphatic hydroxyl groups is 1. The van der Waals surface area contributed by atoms with Gasteiger partial charge in [0.1, 0.15) is 11.5 Å². The molecule has 80 valence electrons. The maximum atomic E-state index is 9.45. The molecule has 2 rings (SSSR count). The van der Waals surface area contributed by atoms with Gasteiger partial charge in [0, 0.05) is 6.42 Å². The molecule has 2 nitrogen and oxygen atoms in total. The second-order valence-corrected chi connectivity index (χ2v) is 4.01. The van der Waals surface area contributed by atoms with Gasteiger partial charge in [-0.15, -0.1) is 0 Å². The van der Waals surface area contributed by atoms with Gasteiger partial charge in [-0.1, -0.05) is 17.7 Å². The molecule has 0 radical (unpaired) electrons. The van der Waals surface area contributed by atoms with Crippen LogP contribution >= 0.6 is 0 Å². The van der Waals surface area contributed by atoms with Crippen molar-refractivity contribution in [2.45, 2.75) is 32.3 Å². The minimum Gasteiger partial charge on any atom is -0.462 e. The van der Waals surface area contributed by atoms with Crippen molar-refractivity contribution >= 4 is 0 Å². The lowest BCUT2D eigenvalue weighted by molar-refractivity contribution is 0.191. The predicted octanol–water partition coefficient (Wildman–Crippen LogP) is 2.80. The Hall–Kier alpha value is -1.28. The fraction of sp³-hybridized carbons (Fsp3) is 0.385. The van der Waals surface area contributed by atoms with Gasteiger partial charge in [-0.3, -0.25) is 0 Å². The van der Waals surface area contributed by atoms with E-state index in [0.717, 1.165) is 30.8 Å². The first-order chi connectivity index (χ1) is 7.24. The molecule has 1 aromatic carbocycles. The van der Waals surface area contributed by atoms with Gasteiger partial charge in [-0.05, 0) is 38.0 Å². The van der Waals surface area contributed by atoms with E-state index >= 15 is 0 Å². The zero-order valence-electron chi connectivity index (χ0n) is 8.94. The lowest BCUT2D eigenvalue weighted by Gasteiger charge is -2.17. The highest BCUT2D eigenvalue weighted by Gasteiger charge is 2.12. The summed E-state index contributed by atoms with van der Waals surface area (Å²) in [5, 5.41) is 9.45. The van der Waals surface area contributed by atoms with E-state index in [1.807, 2.05) is 37.3 Å². The van der Waals surface area contributed by atoms with Crippen LogP contribution in [-0.2, 0) is 0 Å². The van der Waals surface area contributed by atoms with Crippen LogP contribution in [0.5, 0.6) is 5.75 Å². The van der Waals surface area contributed by atoms with Crippen molar-refractivity contribution in [1.82, 2.24) is 0 Å². The number of aryl methyl sites for hydroxylation is 1. The molecular weight excluding hydrogens is 188 g/mol. The van der Waals surface area contributed by atoms with Crippen molar-refractivity contribution in [1.29, 1.82) is 0 Å². The lowest BCUT2D eigenvalue weighted by atomic mass is 10.0. The largest absolute Gasteiger partial charge is 0.462 e. The van der Waals surface area contributed by atoms with Crippen molar-refractivity contribution in [3.8, 4) is 5.75 Å². The Morgan fingerprint density at radius 2 is 2.00 bits per heavy atom. The second kappa shape index (κ2) is 4.49. The topological polar surface area (TPSA) is 29.5 Å². The van der Waals surface area contributed by atoms with Crippen molar-refractivity contribution in [3.63, 3.8) is 0 Å². The number of allylic oxidation sites excluding steroid dienone is 1. The maximum absolute atomic E-state index is 9.45. The molecule has 0 heterocycles. The molecule has 0 spiro atoms. The molecule has 2 heteroatoms. The van der Waals surface area contributed by atoms with Gasteiger partial charge in [0.25, 0.3) is 0 Å². The Morgan fingerprint density at radius 3 is 2.67 bits per heavy atom. The summed E-state index contributed by atoms with van der Waals surface area (Å²) in [6, 6.07) is 7.96. The van der Waals surface area contributed by atoms with Crippen LogP contribution in [-0.4, -0.2) is 11.2 Å². The first-order valence-corrected chi connectivity index (χ1v) is 5.37. The molecule has 1 N–H and O–H groups in total. The monoisotopic (exact) mass is 204 g/mol. The van der Waals surface area contributed by atoms with Crippen LogP contribution in [0.4, 0.5) is 0 Å². The van der Waals surface area contributed by atoms with E-state index in [1.54, 1.807) is 0 Å². The van der Waals surface area contributed by atoms with Crippen molar-refractivity contribution in [2.75, 3.05) is 0 Å². The third-order valence-electron chi connectivity index (χ3n) is 2.57. The Labute approximate surface area is 90.2 Å². The van der Waals surface area contributed by atoms with E-state index in [4.69, 9.17) is 4.74 Å². The molecule has 1 unspecified atom stereocenters. The van der Waals surface area contributed by atoms with Gasteiger partial charge in [-0.25, -0.2) is 0 Å². The zero-order valence-corrected chi connectivity index (χ0v) is 8.94. The lowest BCUT2D eigenvalue weighted by Crippen LogP contribution is -2.11. The number of ether oxygens (including phenoxy) is 1. The standard InChI is InChI=1S/C13H16O2/c1-10-5-7-12(8-6-10)15-13-4-2-3-11(14)9-13/h5-9,11,14H,2-4H2,1H3. The van der Waals surface area contributed by atoms with Crippen LogP contribution in [0.15, 0.2) is 36.1 Å². The maximum Gasteiger partial charge on any atom is 0.126 e. The Kier molecular flexibility index (Phi) is 3.07. The molecule has 0 saturated carbocycles.